The number of hydrogen-bond donors (Lipinski definition) is 1. The largest absolute Gasteiger partial charge is 0.366 e. The van der Waals surface area contributed by atoms with Crippen molar-refractivity contribution in [2.45, 2.75) is 45.2 Å². The van der Waals surface area contributed by atoms with E-state index in [2.05, 4.69) is 65.3 Å². The van der Waals surface area contributed by atoms with Gasteiger partial charge in [0.15, 0.2) is 0 Å². The zero-order valence-corrected chi connectivity index (χ0v) is 14.3. The van der Waals surface area contributed by atoms with Crippen molar-refractivity contribution in [1.29, 1.82) is 0 Å². The van der Waals surface area contributed by atoms with Crippen molar-refractivity contribution in [3.8, 4) is 0 Å². The van der Waals surface area contributed by atoms with Gasteiger partial charge >= 0.3 is 0 Å². The normalized spacial score (nSPS) is 22.0. The molecule has 1 N–H and O–H groups in total. The first kappa shape index (κ1) is 15.9. The summed E-state index contributed by atoms with van der Waals surface area (Å²) in [6.07, 6.45) is 6.68. The first-order chi connectivity index (χ1) is 11.1. The van der Waals surface area contributed by atoms with Crippen molar-refractivity contribution >= 4 is 5.82 Å². The van der Waals surface area contributed by atoms with E-state index in [0.29, 0.717) is 12.1 Å². The fraction of sp³-hybridized carbons (Fsp3) is 0.474. The molecule has 0 radical (unpaired) electrons. The molecular formula is C19H26N4. The van der Waals surface area contributed by atoms with E-state index in [1.54, 1.807) is 12.4 Å². The second-order valence-corrected chi connectivity index (χ2v) is 6.71. The lowest BCUT2D eigenvalue weighted by molar-refractivity contribution is 0.190. The Morgan fingerprint density at radius 3 is 2.65 bits per heavy atom. The van der Waals surface area contributed by atoms with Crippen LogP contribution in [0.25, 0.3) is 0 Å². The number of likely N-dealkylation sites (tertiary alicyclic amines) is 1. The predicted molar refractivity (Wildman–Crippen MR) is 94.8 cm³/mol. The van der Waals surface area contributed by atoms with Gasteiger partial charge in [-0.2, -0.15) is 0 Å². The number of anilines is 1. The van der Waals surface area contributed by atoms with E-state index in [1.165, 1.54) is 11.1 Å². The summed E-state index contributed by atoms with van der Waals surface area (Å²) in [7, 11) is 2.20. The first-order valence-electron chi connectivity index (χ1n) is 8.44. The van der Waals surface area contributed by atoms with Crippen LogP contribution in [0, 0.1) is 6.92 Å². The molecule has 2 atom stereocenters. The monoisotopic (exact) mass is 310 g/mol. The van der Waals surface area contributed by atoms with Crippen LogP contribution in [-0.4, -0.2) is 40.5 Å². The Hall–Kier alpha value is -1.94. The number of nitrogens with one attached hydrogen (secondary N) is 1. The van der Waals surface area contributed by atoms with E-state index in [1.807, 2.05) is 0 Å². The molecule has 0 amide bonds. The zero-order chi connectivity index (χ0) is 16.2. The van der Waals surface area contributed by atoms with Crippen molar-refractivity contribution in [3.63, 3.8) is 0 Å². The van der Waals surface area contributed by atoms with Crippen molar-refractivity contribution in [3.05, 3.63) is 53.5 Å². The zero-order valence-electron chi connectivity index (χ0n) is 14.3. The Morgan fingerprint density at radius 1 is 1.17 bits per heavy atom. The van der Waals surface area contributed by atoms with Crippen LogP contribution in [-0.2, 0) is 6.42 Å². The summed E-state index contributed by atoms with van der Waals surface area (Å²) < 4.78 is 0. The van der Waals surface area contributed by atoms with Gasteiger partial charge in [0.1, 0.15) is 5.82 Å². The minimum atomic E-state index is 0.481. The molecule has 1 aromatic heterocycles. The molecule has 1 aliphatic rings. The molecule has 2 heterocycles. The molecular weight excluding hydrogens is 284 g/mol. The molecule has 2 aromatic rings. The lowest BCUT2D eigenvalue weighted by atomic mass is 9.98. The van der Waals surface area contributed by atoms with Gasteiger partial charge in [0.05, 0.1) is 5.69 Å². The molecule has 4 nitrogen and oxygen atoms in total. The van der Waals surface area contributed by atoms with Gasteiger partial charge in [0.2, 0.25) is 0 Å². The summed E-state index contributed by atoms with van der Waals surface area (Å²) in [4.78, 5) is 11.5. The van der Waals surface area contributed by atoms with Crippen LogP contribution in [0.4, 0.5) is 5.82 Å². The van der Waals surface area contributed by atoms with Crippen molar-refractivity contribution in [2.24, 2.45) is 0 Å². The number of benzene rings is 1. The molecule has 0 bridgehead atoms. The van der Waals surface area contributed by atoms with E-state index in [9.17, 15) is 0 Å². The highest BCUT2D eigenvalue weighted by molar-refractivity contribution is 5.43. The Bertz CT molecular complexity index is 638. The van der Waals surface area contributed by atoms with Crippen LogP contribution < -0.4 is 5.32 Å². The molecule has 0 saturated carbocycles. The number of hydrogen-bond acceptors (Lipinski definition) is 4. The molecule has 1 saturated heterocycles. The van der Waals surface area contributed by atoms with E-state index >= 15 is 0 Å². The number of aromatic nitrogens is 2. The van der Waals surface area contributed by atoms with Crippen LogP contribution in [0.1, 0.15) is 36.6 Å². The van der Waals surface area contributed by atoms with Gasteiger partial charge in [-0.3, -0.25) is 4.98 Å². The van der Waals surface area contributed by atoms with Gasteiger partial charge in [-0.25, -0.2) is 4.98 Å². The standard InChI is InChI=1S/C19H26N4/c1-14-4-6-16(7-5-14)13-18-19(21-10-9-20-18)22-17-8-11-23(3)15(2)12-17/h4-7,9-10,15,17H,8,11-13H2,1-3H3,(H,21,22)/t15-,17+/m1/s1. The number of rotatable bonds is 4. The molecule has 1 aromatic carbocycles. The second kappa shape index (κ2) is 7.09. The smallest absolute Gasteiger partial charge is 0.148 e. The van der Waals surface area contributed by atoms with Crippen molar-refractivity contribution < 1.29 is 0 Å². The van der Waals surface area contributed by atoms with Crippen molar-refractivity contribution in [1.82, 2.24) is 14.9 Å². The summed E-state index contributed by atoms with van der Waals surface area (Å²) in [6, 6.07) is 9.74. The van der Waals surface area contributed by atoms with E-state index in [-0.39, 0.29) is 0 Å². The topological polar surface area (TPSA) is 41.1 Å². The lowest BCUT2D eigenvalue weighted by Gasteiger charge is -2.35. The Labute approximate surface area is 139 Å². The van der Waals surface area contributed by atoms with E-state index in [4.69, 9.17) is 0 Å². The van der Waals surface area contributed by atoms with Gasteiger partial charge in [-0.15, -0.1) is 0 Å². The summed E-state index contributed by atoms with van der Waals surface area (Å²) in [6.45, 7) is 5.53. The summed E-state index contributed by atoms with van der Waals surface area (Å²) in [5.74, 6) is 0.940. The molecule has 23 heavy (non-hydrogen) atoms. The number of piperidine rings is 1. The van der Waals surface area contributed by atoms with Crippen LogP contribution in [0.15, 0.2) is 36.7 Å². The number of nitrogens with zero attached hydrogens (tertiary/aromatic N) is 3. The quantitative estimate of drug-likeness (QED) is 0.941. The van der Waals surface area contributed by atoms with Gasteiger partial charge < -0.3 is 10.2 Å². The third-order valence-electron chi connectivity index (χ3n) is 4.82. The highest BCUT2D eigenvalue weighted by Crippen LogP contribution is 2.21. The summed E-state index contributed by atoms with van der Waals surface area (Å²) in [5.41, 5.74) is 3.59. The lowest BCUT2D eigenvalue weighted by Crippen LogP contribution is -2.42. The average molecular weight is 310 g/mol. The highest BCUT2D eigenvalue weighted by Gasteiger charge is 2.23. The fourth-order valence-corrected chi connectivity index (χ4v) is 3.13. The predicted octanol–water partition coefficient (Wildman–Crippen LogP) is 3.27. The minimum absolute atomic E-state index is 0.481. The number of aryl methyl sites for hydroxylation is 1. The average Bonchev–Trinajstić information content (AvgIpc) is 2.55. The highest BCUT2D eigenvalue weighted by atomic mass is 15.2. The molecule has 1 aliphatic heterocycles. The second-order valence-electron chi connectivity index (χ2n) is 6.71. The molecule has 0 unspecified atom stereocenters. The van der Waals surface area contributed by atoms with Crippen LogP contribution in [0.3, 0.4) is 0 Å². The van der Waals surface area contributed by atoms with Crippen LogP contribution in [0.2, 0.25) is 0 Å². The third-order valence-corrected chi connectivity index (χ3v) is 4.82. The van der Waals surface area contributed by atoms with Gasteiger partial charge in [0.25, 0.3) is 0 Å². The Morgan fingerprint density at radius 2 is 1.91 bits per heavy atom. The summed E-state index contributed by atoms with van der Waals surface area (Å²) in [5, 5.41) is 3.63. The third kappa shape index (κ3) is 4.08. The van der Waals surface area contributed by atoms with Gasteiger partial charge in [-0.05, 0) is 39.3 Å². The SMILES string of the molecule is Cc1ccc(Cc2nccnc2N[C@H]2CCN(C)[C@H](C)C2)cc1. The maximum atomic E-state index is 4.56. The Kier molecular flexibility index (Phi) is 4.91. The molecule has 3 rings (SSSR count). The van der Waals surface area contributed by atoms with Crippen LogP contribution >= 0.6 is 0 Å². The molecule has 0 spiro atoms. The molecule has 1 fully saturated rings. The molecule has 4 heteroatoms. The van der Waals surface area contributed by atoms with Gasteiger partial charge in [0, 0.05) is 37.4 Å². The van der Waals surface area contributed by atoms with Crippen LogP contribution in [0.5, 0.6) is 0 Å². The minimum Gasteiger partial charge on any atom is -0.366 e. The summed E-state index contributed by atoms with van der Waals surface area (Å²) >= 11 is 0. The van der Waals surface area contributed by atoms with E-state index < -0.39 is 0 Å². The maximum absolute atomic E-state index is 4.56. The van der Waals surface area contributed by atoms with E-state index in [0.717, 1.165) is 37.3 Å². The van der Waals surface area contributed by atoms with Gasteiger partial charge in [-0.1, -0.05) is 29.8 Å². The molecule has 122 valence electrons. The fourth-order valence-electron chi connectivity index (χ4n) is 3.13. The Balaban J connectivity index is 1.71. The van der Waals surface area contributed by atoms with Crippen molar-refractivity contribution in [2.75, 3.05) is 18.9 Å². The maximum Gasteiger partial charge on any atom is 0.148 e. The first-order valence-corrected chi connectivity index (χ1v) is 8.44. The molecule has 0 aliphatic carbocycles.